The largest absolute Gasteiger partial charge is 0.481 e. The lowest BCUT2D eigenvalue weighted by Gasteiger charge is -2.04. The lowest BCUT2D eigenvalue weighted by Crippen LogP contribution is -2.24. The van der Waals surface area contributed by atoms with Gasteiger partial charge in [0.1, 0.15) is 11.3 Å². The number of hydrogen-bond acceptors (Lipinski definition) is 3. The number of fused-ring (bicyclic) bond motifs is 1. The number of carbonyl (C=O) groups is 2. The first-order chi connectivity index (χ1) is 11.6. The standard InChI is InChI=1S/C17H22FN3O3/c18-12-6-5-7-13-17(12)21-14(20-13)9-10-15(22)19-11-4-2-1-3-8-16(23)24/h5-7H,1-4,8-11H2,(H,19,22)(H,20,21)(H,23,24). The van der Waals surface area contributed by atoms with Gasteiger partial charge in [0.2, 0.25) is 5.91 Å². The Morgan fingerprint density at radius 3 is 2.71 bits per heavy atom. The number of unbranched alkanes of at least 4 members (excludes halogenated alkanes) is 3. The molecule has 0 spiro atoms. The van der Waals surface area contributed by atoms with Gasteiger partial charge in [-0.25, -0.2) is 9.37 Å². The monoisotopic (exact) mass is 335 g/mol. The molecule has 0 atom stereocenters. The minimum atomic E-state index is -0.770. The van der Waals surface area contributed by atoms with E-state index < -0.39 is 5.97 Å². The van der Waals surface area contributed by atoms with Crippen LogP contribution in [0.15, 0.2) is 18.2 Å². The minimum Gasteiger partial charge on any atom is -0.481 e. The molecule has 2 rings (SSSR count). The van der Waals surface area contributed by atoms with Gasteiger partial charge in [0.05, 0.1) is 5.52 Å². The minimum absolute atomic E-state index is 0.0681. The molecule has 1 aromatic carbocycles. The van der Waals surface area contributed by atoms with E-state index in [2.05, 4.69) is 15.3 Å². The maximum absolute atomic E-state index is 13.5. The van der Waals surface area contributed by atoms with Crippen molar-refractivity contribution in [2.24, 2.45) is 0 Å². The van der Waals surface area contributed by atoms with Gasteiger partial charge in [0.25, 0.3) is 0 Å². The highest BCUT2D eigenvalue weighted by molar-refractivity contribution is 5.77. The van der Waals surface area contributed by atoms with E-state index in [9.17, 15) is 14.0 Å². The number of imidazole rings is 1. The molecule has 0 unspecified atom stereocenters. The Balaban J connectivity index is 1.62. The molecule has 1 heterocycles. The zero-order valence-electron chi connectivity index (χ0n) is 13.5. The first kappa shape index (κ1) is 17.9. The Bertz CT molecular complexity index is 699. The summed E-state index contributed by atoms with van der Waals surface area (Å²) in [4.78, 5) is 29.3. The fourth-order valence-electron chi connectivity index (χ4n) is 2.47. The molecule has 0 radical (unpaired) electrons. The number of amides is 1. The molecule has 7 heteroatoms. The average molecular weight is 335 g/mol. The van der Waals surface area contributed by atoms with Crippen molar-refractivity contribution in [1.29, 1.82) is 0 Å². The highest BCUT2D eigenvalue weighted by Gasteiger charge is 2.08. The van der Waals surface area contributed by atoms with Gasteiger partial charge in [0, 0.05) is 25.8 Å². The van der Waals surface area contributed by atoms with Crippen LogP contribution in [0.1, 0.15) is 44.3 Å². The summed E-state index contributed by atoms with van der Waals surface area (Å²) in [5.41, 5.74) is 0.932. The van der Waals surface area contributed by atoms with E-state index in [1.807, 2.05) is 0 Å². The SMILES string of the molecule is O=C(O)CCCCCCNC(=O)CCc1nc2c(F)cccc2[nH]1. The van der Waals surface area contributed by atoms with Gasteiger partial charge in [0.15, 0.2) is 5.82 Å². The number of carboxylic acid groups (broad SMARTS) is 1. The second-order valence-electron chi connectivity index (χ2n) is 5.73. The van der Waals surface area contributed by atoms with E-state index in [1.54, 1.807) is 12.1 Å². The molecule has 0 saturated carbocycles. The summed E-state index contributed by atoms with van der Waals surface area (Å²) in [6, 6.07) is 4.72. The number of carboxylic acids is 1. The van der Waals surface area contributed by atoms with Crippen LogP contribution in [0, 0.1) is 5.82 Å². The Morgan fingerprint density at radius 2 is 1.96 bits per heavy atom. The highest BCUT2D eigenvalue weighted by Crippen LogP contribution is 2.15. The van der Waals surface area contributed by atoms with E-state index in [0.29, 0.717) is 42.7 Å². The van der Waals surface area contributed by atoms with Crippen LogP contribution in [0.3, 0.4) is 0 Å². The molecule has 2 aromatic rings. The third kappa shape index (κ3) is 5.64. The maximum atomic E-state index is 13.5. The number of halogens is 1. The van der Waals surface area contributed by atoms with E-state index in [0.717, 1.165) is 19.3 Å². The third-order valence-electron chi connectivity index (χ3n) is 3.74. The maximum Gasteiger partial charge on any atom is 0.303 e. The molecule has 3 N–H and O–H groups in total. The number of para-hydroxylation sites is 1. The summed E-state index contributed by atoms with van der Waals surface area (Å²) in [6.45, 7) is 0.584. The van der Waals surface area contributed by atoms with E-state index in [4.69, 9.17) is 5.11 Å². The Morgan fingerprint density at radius 1 is 1.17 bits per heavy atom. The van der Waals surface area contributed by atoms with Crippen molar-refractivity contribution in [3.05, 3.63) is 29.8 Å². The first-order valence-corrected chi connectivity index (χ1v) is 8.18. The smallest absolute Gasteiger partial charge is 0.303 e. The summed E-state index contributed by atoms with van der Waals surface area (Å²) >= 11 is 0. The summed E-state index contributed by atoms with van der Waals surface area (Å²) < 4.78 is 13.5. The number of nitrogens with one attached hydrogen (secondary N) is 2. The summed E-state index contributed by atoms with van der Waals surface area (Å²) in [5.74, 6) is -0.614. The van der Waals surface area contributed by atoms with Crippen molar-refractivity contribution in [2.45, 2.75) is 44.9 Å². The fraction of sp³-hybridized carbons (Fsp3) is 0.471. The molecular formula is C17H22FN3O3. The molecule has 24 heavy (non-hydrogen) atoms. The van der Waals surface area contributed by atoms with E-state index >= 15 is 0 Å². The molecule has 0 aliphatic carbocycles. The normalized spacial score (nSPS) is 10.9. The van der Waals surface area contributed by atoms with Crippen LogP contribution in [-0.2, 0) is 16.0 Å². The second kappa shape index (κ2) is 9.00. The summed E-state index contributed by atoms with van der Waals surface area (Å²) in [7, 11) is 0. The predicted octanol–water partition coefficient (Wildman–Crippen LogP) is 2.79. The van der Waals surface area contributed by atoms with Gasteiger partial charge < -0.3 is 15.4 Å². The molecule has 0 aliphatic rings. The van der Waals surface area contributed by atoms with Crippen LogP contribution in [0.2, 0.25) is 0 Å². The van der Waals surface area contributed by atoms with Gasteiger partial charge in [-0.05, 0) is 25.0 Å². The van der Waals surface area contributed by atoms with Crippen molar-refractivity contribution in [3.8, 4) is 0 Å². The van der Waals surface area contributed by atoms with E-state index in [-0.39, 0.29) is 18.1 Å². The average Bonchev–Trinajstić information content (AvgIpc) is 2.96. The second-order valence-corrected chi connectivity index (χ2v) is 5.73. The molecule has 6 nitrogen and oxygen atoms in total. The van der Waals surface area contributed by atoms with Crippen molar-refractivity contribution in [1.82, 2.24) is 15.3 Å². The summed E-state index contributed by atoms with van der Waals surface area (Å²) in [6.07, 6.45) is 4.18. The fourth-order valence-corrected chi connectivity index (χ4v) is 2.47. The third-order valence-corrected chi connectivity index (χ3v) is 3.74. The number of rotatable bonds is 10. The Kier molecular flexibility index (Phi) is 6.72. The number of nitrogens with zero attached hydrogens (tertiary/aromatic N) is 1. The molecule has 0 fully saturated rings. The molecule has 0 bridgehead atoms. The zero-order valence-corrected chi connectivity index (χ0v) is 13.5. The lowest BCUT2D eigenvalue weighted by molar-refractivity contribution is -0.137. The van der Waals surface area contributed by atoms with Crippen LogP contribution < -0.4 is 5.32 Å². The van der Waals surface area contributed by atoms with Crippen molar-refractivity contribution in [3.63, 3.8) is 0 Å². The number of carbonyl (C=O) groups excluding carboxylic acids is 1. The number of aromatic amines is 1. The molecule has 0 aliphatic heterocycles. The lowest BCUT2D eigenvalue weighted by atomic mass is 10.1. The van der Waals surface area contributed by atoms with Crippen LogP contribution >= 0.6 is 0 Å². The molecular weight excluding hydrogens is 313 g/mol. The van der Waals surface area contributed by atoms with E-state index in [1.165, 1.54) is 6.07 Å². The first-order valence-electron chi connectivity index (χ1n) is 8.18. The van der Waals surface area contributed by atoms with Crippen molar-refractivity contribution < 1.29 is 19.1 Å². The Hall–Kier alpha value is -2.44. The number of aryl methyl sites for hydroxylation is 1. The molecule has 0 saturated heterocycles. The van der Waals surface area contributed by atoms with Crippen molar-refractivity contribution >= 4 is 22.9 Å². The number of aliphatic carboxylic acids is 1. The number of benzene rings is 1. The van der Waals surface area contributed by atoms with Gasteiger partial charge in [-0.1, -0.05) is 18.9 Å². The molecule has 130 valence electrons. The Labute approximate surface area is 139 Å². The quantitative estimate of drug-likeness (QED) is 0.582. The topological polar surface area (TPSA) is 95.1 Å². The highest BCUT2D eigenvalue weighted by atomic mass is 19.1. The van der Waals surface area contributed by atoms with Gasteiger partial charge in [-0.3, -0.25) is 9.59 Å². The van der Waals surface area contributed by atoms with Crippen LogP contribution in [0.5, 0.6) is 0 Å². The van der Waals surface area contributed by atoms with Crippen LogP contribution in [0.25, 0.3) is 11.0 Å². The number of hydrogen-bond donors (Lipinski definition) is 3. The van der Waals surface area contributed by atoms with Gasteiger partial charge in [-0.15, -0.1) is 0 Å². The molecule has 1 aromatic heterocycles. The number of aromatic nitrogens is 2. The predicted molar refractivity (Wildman–Crippen MR) is 88.1 cm³/mol. The summed E-state index contributed by atoms with van der Waals surface area (Å²) in [5, 5.41) is 11.3. The molecule has 1 amide bonds. The van der Waals surface area contributed by atoms with Gasteiger partial charge in [-0.2, -0.15) is 0 Å². The zero-order chi connectivity index (χ0) is 17.4. The van der Waals surface area contributed by atoms with Crippen LogP contribution in [0.4, 0.5) is 4.39 Å². The van der Waals surface area contributed by atoms with Gasteiger partial charge >= 0.3 is 5.97 Å². The van der Waals surface area contributed by atoms with Crippen molar-refractivity contribution in [2.75, 3.05) is 6.54 Å². The van der Waals surface area contributed by atoms with Crippen LogP contribution in [-0.4, -0.2) is 33.5 Å². The number of H-pyrrole nitrogens is 1.